The molecule has 0 bridgehead atoms. The lowest BCUT2D eigenvalue weighted by atomic mass is 9.88. The van der Waals surface area contributed by atoms with Gasteiger partial charge in [-0.05, 0) is 42.0 Å². The molecule has 0 radical (unpaired) electrons. The van der Waals surface area contributed by atoms with Gasteiger partial charge in [0.05, 0.1) is 11.6 Å². The van der Waals surface area contributed by atoms with Gasteiger partial charge in [0, 0.05) is 9.92 Å². The molecule has 0 saturated carbocycles. The van der Waals surface area contributed by atoms with Gasteiger partial charge in [0.25, 0.3) is 5.91 Å². The second kappa shape index (κ2) is 9.64. The Hall–Kier alpha value is -1.98. The van der Waals surface area contributed by atoms with E-state index in [9.17, 15) is 9.59 Å². The van der Waals surface area contributed by atoms with E-state index in [1.54, 1.807) is 12.1 Å². The number of hydrogen-bond acceptors (Lipinski definition) is 4. The third-order valence-electron chi connectivity index (χ3n) is 3.88. The van der Waals surface area contributed by atoms with Crippen LogP contribution < -0.4 is 5.32 Å². The Balaban J connectivity index is 1.99. The van der Waals surface area contributed by atoms with Gasteiger partial charge in [0.1, 0.15) is 0 Å². The number of carbonyl (C=O) groups is 2. The number of rotatable bonds is 7. The summed E-state index contributed by atoms with van der Waals surface area (Å²) in [6, 6.07) is 14.6. The first-order valence-corrected chi connectivity index (χ1v) is 9.87. The lowest BCUT2D eigenvalue weighted by Crippen LogP contribution is -2.26. The zero-order valence-corrected chi connectivity index (χ0v) is 16.6. The molecule has 1 atom stereocenters. The van der Waals surface area contributed by atoms with E-state index in [1.165, 1.54) is 11.8 Å². The second-order valence-electron chi connectivity index (χ2n) is 6.13. The van der Waals surface area contributed by atoms with Crippen molar-refractivity contribution in [2.24, 2.45) is 5.92 Å². The van der Waals surface area contributed by atoms with E-state index < -0.39 is 11.9 Å². The zero-order chi connectivity index (χ0) is 19.1. The Kier molecular flexibility index (Phi) is 7.54. The van der Waals surface area contributed by atoms with E-state index in [-0.39, 0.29) is 18.4 Å². The predicted octanol–water partition coefficient (Wildman–Crippen LogP) is 4.98. The minimum atomic E-state index is -0.446. The number of ether oxygens (including phenoxy) is 1. The molecule has 0 aliphatic carbocycles. The molecule has 4 nitrogen and oxygen atoms in total. The predicted molar refractivity (Wildman–Crippen MR) is 107 cm³/mol. The maximum Gasteiger partial charge on any atom is 0.314 e. The van der Waals surface area contributed by atoms with Crippen LogP contribution in [0.4, 0.5) is 5.69 Å². The Morgan fingerprint density at radius 2 is 1.77 bits per heavy atom. The number of carbonyl (C=O) groups excluding carboxylic acids is 2. The van der Waals surface area contributed by atoms with E-state index >= 15 is 0 Å². The minimum absolute atomic E-state index is 0.0314. The Morgan fingerprint density at radius 3 is 2.38 bits per heavy atom. The van der Waals surface area contributed by atoms with Crippen molar-refractivity contribution in [3.05, 3.63) is 59.1 Å². The summed E-state index contributed by atoms with van der Waals surface area (Å²) in [4.78, 5) is 25.6. The third kappa shape index (κ3) is 5.51. The number of hydrogen-bond donors (Lipinski definition) is 1. The molecule has 2 aromatic rings. The van der Waals surface area contributed by atoms with Crippen molar-refractivity contribution in [2.75, 3.05) is 18.2 Å². The van der Waals surface area contributed by atoms with Crippen LogP contribution in [0, 0.1) is 5.92 Å². The molecule has 2 aromatic carbocycles. The summed E-state index contributed by atoms with van der Waals surface area (Å²) in [7, 11) is 0. The molecule has 0 heterocycles. The van der Waals surface area contributed by atoms with Crippen LogP contribution in [-0.4, -0.2) is 24.7 Å². The molecule has 1 N–H and O–H groups in total. The van der Waals surface area contributed by atoms with Gasteiger partial charge < -0.3 is 10.1 Å². The van der Waals surface area contributed by atoms with Gasteiger partial charge in [-0.15, -0.1) is 11.8 Å². The van der Waals surface area contributed by atoms with Gasteiger partial charge in [-0.25, -0.2) is 0 Å². The standard InChI is InChI=1S/C20H22ClNO3S/c1-13(2)19(14-8-10-15(21)11-9-14)20(24)25-12-18(23)22-16-6-4-5-7-17(16)26-3/h4-11,13,19H,12H2,1-3H3,(H,22,23)/t19-/m0/s1. The molecule has 0 unspecified atom stereocenters. The van der Waals surface area contributed by atoms with Gasteiger partial charge in [-0.3, -0.25) is 9.59 Å². The molecule has 0 spiro atoms. The van der Waals surface area contributed by atoms with Crippen LogP contribution in [0.25, 0.3) is 0 Å². The summed E-state index contributed by atoms with van der Waals surface area (Å²) in [5.41, 5.74) is 1.53. The smallest absolute Gasteiger partial charge is 0.314 e. The third-order valence-corrected chi connectivity index (χ3v) is 4.92. The van der Waals surface area contributed by atoms with Crippen LogP contribution in [0.3, 0.4) is 0 Å². The molecule has 0 saturated heterocycles. The topological polar surface area (TPSA) is 55.4 Å². The average Bonchev–Trinajstić information content (AvgIpc) is 2.62. The molecule has 138 valence electrons. The van der Waals surface area contributed by atoms with Crippen LogP contribution in [0.2, 0.25) is 5.02 Å². The van der Waals surface area contributed by atoms with Crippen molar-refractivity contribution in [3.8, 4) is 0 Å². The lowest BCUT2D eigenvalue weighted by Gasteiger charge is -2.20. The highest BCUT2D eigenvalue weighted by Gasteiger charge is 2.26. The minimum Gasteiger partial charge on any atom is -0.455 e. The highest BCUT2D eigenvalue weighted by Crippen LogP contribution is 2.27. The molecule has 0 aliphatic heterocycles. The van der Waals surface area contributed by atoms with Crippen LogP contribution in [0.15, 0.2) is 53.4 Å². The van der Waals surface area contributed by atoms with Crippen molar-refractivity contribution in [1.82, 2.24) is 0 Å². The first-order chi connectivity index (χ1) is 12.4. The van der Waals surface area contributed by atoms with Crippen LogP contribution in [0.1, 0.15) is 25.3 Å². The number of benzene rings is 2. The summed E-state index contributed by atoms with van der Waals surface area (Å²) in [5, 5.41) is 3.39. The number of thioether (sulfide) groups is 1. The molecule has 6 heteroatoms. The fraction of sp³-hybridized carbons (Fsp3) is 0.300. The van der Waals surface area contributed by atoms with Crippen molar-refractivity contribution in [1.29, 1.82) is 0 Å². The first kappa shape index (κ1) is 20.3. The monoisotopic (exact) mass is 391 g/mol. The Bertz CT molecular complexity index is 762. The van der Waals surface area contributed by atoms with Gasteiger partial charge in [0.2, 0.25) is 0 Å². The summed E-state index contributed by atoms with van der Waals surface area (Å²) in [6.07, 6.45) is 1.93. The summed E-state index contributed by atoms with van der Waals surface area (Å²) < 4.78 is 5.27. The number of anilines is 1. The van der Waals surface area contributed by atoms with E-state index in [0.717, 1.165) is 10.5 Å². The van der Waals surface area contributed by atoms with Crippen LogP contribution in [0.5, 0.6) is 0 Å². The average molecular weight is 392 g/mol. The van der Waals surface area contributed by atoms with Crippen molar-refractivity contribution >= 4 is 40.9 Å². The largest absolute Gasteiger partial charge is 0.455 e. The molecule has 0 fully saturated rings. The molecule has 2 rings (SSSR count). The molecule has 0 aromatic heterocycles. The number of esters is 1. The first-order valence-electron chi connectivity index (χ1n) is 8.27. The maximum absolute atomic E-state index is 12.5. The molecule has 26 heavy (non-hydrogen) atoms. The fourth-order valence-electron chi connectivity index (χ4n) is 2.62. The van der Waals surface area contributed by atoms with Gasteiger partial charge in [-0.2, -0.15) is 0 Å². The van der Waals surface area contributed by atoms with Gasteiger partial charge >= 0.3 is 5.97 Å². The highest BCUT2D eigenvalue weighted by atomic mass is 35.5. The normalized spacial score (nSPS) is 11.9. The van der Waals surface area contributed by atoms with Crippen molar-refractivity contribution in [3.63, 3.8) is 0 Å². The number of nitrogens with one attached hydrogen (secondary N) is 1. The van der Waals surface area contributed by atoms with E-state index in [1.807, 2.05) is 56.5 Å². The number of para-hydroxylation sites is 1. The maximum atomic E-state index is 12.5. The Labute approximate surface area is 163 Å². The SMILES string of the molecule is CSc1ccccc1NC(=O)COC(=O)[C@H](c1ccc(Cl)cc1)C(C)C. The second-order valence-corrected chi connectivity index (χ2v) is 7.41. The van der Waals surface area contributed by atoms with Crippen LogP contribution >= 0.6 is 23.4 Å². The molecular weight excluding hydrogens is 370 g/mol. The van der Waals surface area contributed by atoms with Gasteiger partial charge in [-0.1, -0.05) is 49.7 Å². The zero-order valence-electron chi connectivity index (χ0n) is 15.0. The highest BCUT2D eigenvalue weighted by molar-refractivity contribution is 7.98. The fourth-order valence-corrected chi connectivity index (χ4v) is 3.30. The Morgan fingerprint density at radius 1 is 1.12 bits per heavy atom. The van der Waals surface area contributed by atoms with Crippen LogP contribution in [-0.2, 0) is 14.3 Å². The number of amides is 1. The van der Waals surface area contributed by atoms with E-state index in [4.69, 9.17) is 16.3 Å². The van der Waals surface area contributed by atoms with E-state index in [0.29, 0.717) is 10.7 Å². The number of halogens is 1. The van der Waals surface area contributed by atoms with E-state index in [2.05, 4.69) is 5.32 Å². The summed E-state index contributed by atoms with van der Waals surface area (Å²) >= 11 is 7.44. The lowest BCUT2D eigenvalue weighted by molar-refractivity contribution is -0.149. The van der Waals surface area contributed by atoms with Gasteiger partial charge in [0.15, 0.2) is 6.61 Å². The van der Waals surface area contributed by atoms with Crippen molar-refractivity contribution < 1.29 is 14.3 Å². The summed E-state index contributed by atoms with van der Waals surface area (Å²) in [5.74, 6) is -1.20. The molecular formula is C20H22ClNO3S. The molecule has 0 aliphatic rings. The molecule has 1 amide bonds. The summed E-state index contributed by atoms with van der Waals surface area (Å²) in [6.45, 7) is 3.56. The quantitative estimate of drug-likeness (QED) is 0.534. The van der Waals surface area contributed by atoms with Crippen molar-refractivity contribution in [2.45, 2.75) is 24.7 Å².